The highest BCUT2D eigenvalue weighted by molar-refractivity contribution is 5.98. The number of fused-ring (bicyclic) bond motifs is 1. The molecule has 164 valence electrons. The zero-order valence-electron chi connectivity index (χ0n) is 17.3. The van der Waals surface area contributed by atoms with Crippen LogP contribution in [0, 0.1) is 5.41 Å². The van der Waals surface area contributed by atoms with E-state index in [-0.39, 0.29) is 29.7 Å². The highest BCUT2D eigenvalue weighted by Crippen LogP contribution is 2.31. The molecule has 0 atom stereocenters. The Morgan fingerprint density at radius 1 is 1.17 bits per heavy atom. The van der Waals surface area contributed by atoms with E-state index in [1.165, 1.54) is 7.11 Å². The van der Waals surface area contributed by atoms with E-state index >= 15 is 0 Å². The summed E-state index contributed by atoms with van der Waals surface area (Å²) in [7, 11) is 1.42. The first-order valence-corrected chi connectivity index (χ1v) is 9.50. The lowest BCUT2D eigenvalue weighted by molar-refractivity contribution is -0.137. The fraction of sp³-hybridized carbons (Fsp3) is 0.476. The van der Waals surface area contributed by atoms with Crippen LogP contribution in [0.4, 0.5) is 13.2 Å². The number of oxime groups is 1. The summed E-state index contributed by atoms with van der Waals surface area (Å²) in [5.74, 6) is -1.01. The molecule has 0 saturated heterocycles. The molecule has 2 N–H and O–H groups in total. The SMILES string of the molecule is C=C1Cc2cc(C(F)(F)F)ccc2C(=O)NCC(C)(C)/C(=N/OC)CCCNC1=O. The van der Waals surface area contributed by atoms with E-state index in [0.29, 0.717) is 25.1 Å². The van der Waals surface area contributed by atoms with E-state index in [2.05, 4.69) is 22.4 Å². The number of amides is 2. The van der Waals surface area contributed by atoms with Crippen molar-refractivity contribution in [2.24, 2.45) is 10.6 Å². The number of carbonyl (C=O) groups excluding carboxylic acids is 2. The number of carbonyl (C=O) groups is 2. The van der Waals surface area contributed by atoms with Gasteiger partial charge in [0.05, 0.1) is 11.3 Å². The van der Waals surface area contributed by atoms with E-state index in [1.54, 1.807) is 0 Å². The van der Waals surface area contributed by atoms with Gasteiger partial charge in [-0.2, -0.15) is 13.2 Å². The zero-order valence-corrected chi connectivity index (χ0v) is 17.3. The van der Waals surface area contributed by atoms with Gasteiger partial charge in [-0.15, -0.1) is 0 Å². The summed E-state index contributed by atoms with van der Waals surface area (Å²) < 4.78 is 39.5. The van der Waals surface area contributed by atoms with E-state index in [9.17, 15) is 22.8 Å². The molecule has 1 heterocycles. The van der Waals surface area contributed by atoms with Gasteiger partial charge in [0.25, 0.3) is 5.91 Å². The lowest BCUT2D eigenvalue weighted by Gasteiger charge is -2.27. The van der Waals surface area contributed by atoms with E-state index in [1.807, 2.05) is 13.8 Å². The molecule has 6 nitrogen and oxygen atoms in total. The summed E-state index contributed by atoms with van der Waals surface area (Å²) >= 11 is 0. The molecule has 0 fully saturated rings. The third kappa shape index (κ3) is 5.84. The minimum absolute atomic E-state index is 0.0649. The van der Waals surface area contributed by atoms with Crippen molar-refractivity contribution < 1.29 is 27.6 Å². The van der Waals surface area contributed by atoms with Crippen LogP contribution in [0.3, 0.4) is 0 Å². The van der Waals surface area contributed by atoms with Crippen LogP contribution < -0.4 is 10.6 Å². The second-order valence-electron chi connectivity index (χ2n) is 7.80. The number of halogens is 3. The minimum Gasteiger partial charge on any atom is -0.399 e. The van der Waals surface area contributed by atoms with E-state index < -0.39 is 29.0 Å². The number of nitrogens with one attached hydrogen (secondary N) is 2. The van der Waals surface area contributed by atoms with Crippen LogP contribution >= 0.6 is 0 Å². The third-order valence-electron chi connectivity index (χ3n) is 4.95. The van der Waals surface area contributed by atoms with Crippen molar-refractivity contribution in [3.05, 3.63) is 47.0 Å². The van der Waals surface area contributed by atoms with Gasteiger partial charge in [0, 0.05) is 36.1 Å². The van der Waals surface area contributed by atoms with Crippen molar-refractivity contribution in [1.82, 2.24) is 10.6 Å². The Balaban J connectivity index is 2.45. The predicted molar refractivity (Wildman–Crippen MR) is 107 cm³/mol. The number of nitrogens with zero attached hydrogens (tertiary/aromatic N) is 1. The van der Waals surface area contributed by atoms with Gasteiger partial charge in [-0.3, -0.25) is 9.59 Å². The molecule has 1 aromatic rings. The summed E-state index contributed by atoms with van der Waals surface area (Å²) in [6, 6.07) is 2.87. The van der Waals surface area contributed by atoms with Crippen molar-refractivity contribution in [1.29, 1.82) is 0 Å². The van der Waals surface area contributed by atoms with Crippen LogP contribution in [0.1, 0.15) is 48.2 Å². The zero-order chi connectivity index (χ0) is 22.5. The molecule has 9 heteroatoms. The molecule has 1 aliphatic rings. The Morgan fingerprint density at radius 2 is 1.87 bits per heavy atom. The fourth-order valence-corrected chi connectivity index (χ4v) is 3.15. The van der Waals surface area contributed by atoms with Crippen LogP contribution in [0.25, 0.3) is 0 Å². The van der Waals surface area contributed by atoms with Gasteiger partial charge in [0.2, 0.25) is 5.91 Å². The number of alkyl halides is 3. The Morgan fingerprint density at radius 3 is 2.50 bits per heavy atom. The van der Waals surface area contributed by atoms with Crippen LogP contribution in [0.5, 0.6) is 0 Å². The molecule has 0 spiro atoms. The van der Waals surface area contributed by atoms with Crippen LogP contribution in [-0.4, -0.2) is 37.7 Å². The summed E-state index contributed by atoms with van der Waals surface area (Å²) in [5.41, 5.74) is -0.527. The first-order chi connectivity index (χ1) is 14.0. The first-order valence-electron chi connectivity index (χ1n) is 9.50. The average molecular weight is 425 g/mol. The van der Waals surface area contributed by atoms with E-state index in [4.69, 9.17) is 4.84 Å². The molecule has 0 radical (unpaired) electrons. The maximum absolute atomic E-state index is 13.2. The number of hydrogen-bond donors (Lipinski definition) is 2. The van der Waals surface area contributed by atoms with Crippen molar-refractivity contribution >= 4 is 17.5 Å². The van der Waals surface area contributed by atoms with Gasteiger partial charge in [0.1, 0.15) is 7.11 Å². The predicted octanol–water partition coefficient (Wildman–Crippen LogP) is 3.47. The third-order valence-corrected chi connectivity index (χ3v) is 4.95. The normalized spacial score (nSPS) is 20.1. The lowest BCUT2D eigenvalue weighted by atomic mass is 9.84. The number of benzene rings is 1. The van der Waals surface area contributed by atoms with Crippen LogP contribution in [0.2, 0.25) is 0 Å². The van der Waals surface area contributed by atoms with Gasteiger partial charge >= 0.3 is 6.18 Å². The molecule has 30 heavy (non-hydrogen) atoms. The second kappa shape index (κ2) is 9.32. The molecular formula is C21H26F3N3O3. The summed E-state index contributed by atoms with van der Waals surface area (Å²) in [6.07, 6.45) is -3.62. The molecule has 0 aliphatic carbocycles. The molecule has 1 aliphatic heterocycles. The number of rotatable bonds is 1. The smallest absolute Gasteiger partial charge is 0.399 e. The maximum Gasteiger partial charge on any atom is 0.416 e. The Labute approximate surface area is 173 Å². The van der Waals surface area contributed by atoms with Crippen molar-refractivity contribution in [2.45, 2.75) is 39.3 Å². The van der Waals surface area contributed by atoms with E-state index in [0.717, 1.165) is 18.2 Å². The summed E-state index contributed by atoms with van der Waals surface area (Å²) in [5, 5.41) is 9.53. The molecule has 0 saturated carbocycles. The number of hydrogen-bond acceptors (Lipinski definition) is 4. The summed E-state index contributed by atoms with van der Waals surface area (Å²) in [6.45, 7) is 8.00. The molecule has 0 unspecified atom stereocenters. The van der Waals surface area contributed by atoms with Crippen LogP contribution in [-0.2, 0) is 22.2 Å². The lowest BCUT2D eigenvalue weighted by Crippen LogP contribution is -2.40. The molecule has 1 aromatic carbocycles. The average Bonchev–Trinajstić information content (AvgIpc) is 2.66. The quantitative estimate of drug-likeness (QED) is 0.534. The Kier molecular flexibility index (Phi) is 7.28. The standard InChI is InChI=1S/C21H26F3N3O3/c1-13-10-14-11-15(21(22,23)24)7-8-16(14)19(29)26-12-20(2,3)17(27-30-4)6-5-9-25-18(13)28/h7-8,11H,1,5-6,9-10,12H2,2-4H3,(H,25,28)(H,26,29)/b27-17+. The minimum atomic E-state index is -4.57. The molecule has 0 bridgehead atoms. The Bertz CT molecular complexity index is 861. The van der Waals surface area contributed by atoms with Gasteiger partial charge < -0.3 is 15.5 Å². The summed E-state index contributed by atoms with van der Waals surface area (Å²) in [4.78, 5) is 30.0. The maximum atomic E-state index is 13.2. The molecule has 2 rings (SSSR count). The van der Waals surface area contributed by atoms with Gasteiger partial charge in [-0.1, -0.05) is 25.6 Å². The van der Waals surface area contributed by atoms with Gasteiger partial charge in [0.15, 0.2) is 0 Å². The van der Waals surface area contributed by atoms with Gasteiger partial charge in [-0.25, -0.2) is 0 Å². The van der Waals surface area contributed by atoms with Crippen molar-refractivity contribution in [2.75, 3.05) is 20.2 Å². The van der Waals surface area contributed by atoms with Crippen LogP contribution in [0.15, 0.2) is 35.5 Å². The highest BCUT2D eigenvalue weighted by Gasteiger charge is 2.32. The van der Waals surface area contributed by atoms with Crippen molar-refractivity contribution in [3.63, 3.8) is 0 Å². The Hall–Kier alpha value is -2.84. The molecule has 2 amide bonds. The van der Waals surface area contributed by atoms with Crippen molar-refractivity contribution in [3.8, 4) is 0 Å². The second-order valence-corrected chi connectivity index (χ2v) is 7.80. The molecule has 0 aromatic heterocycles. The monoisotopic (exact) mass is 425 g/mol. The highest BCUT2D eigenvalue weighted by atomic mass is 19.4. The topological polar surface area (TPSA) is 79.8 Å². The first kappa shape index (κ1) is 23.4. The fourth-order valence-electron chi connectivity index (χ4n) is 3.15. The molecular weight excluding hydrogens is 399 g/mol. The largest absolute Gasteiger partial charge is 0.416 e. The van der Waals surface area contributed by atoms with Gasteiger partial charge in [-0.05, 0) is 36.6 Å².